The summed E-state index contributed by atoms with van der Waals surface area (Å²) in [6, 6.07) is 17.6. The predicted octanol–water partition coefficient (Wildman–Crippen LogP) is 4.58. The van der Waals surface area contributed by atoms with E-state index in [1.807, 2.05) is 67.7 Å². The Bertz CT molecular complexity index is 1800. The molecular formula is C32H36N6O3. The van der Waals surface area contributed by atoms with E-state index < -0.39 is 0 Å². The SMILES string of the molecule is CC(=O)NC(C)Nc1cc(Cn2cc3c(CC(C)C)nn(C)c(=O)c3c2-c2cccc(CO)c2)c2ccccc2n1. The summed E-state index contributed by atoms with van der Waals surface area (Å²) >= 11 is 0. The maximum absolute atomic E-state index is 13.6. The topological polar surface area (TPSA) is 114 Å². The van der Waals surface area contributed by atoms with Crippen molar-refractivity contribution in [2.45, 2.75) is 53.4 Å². The largest absolute Gasteiger partial charge is 0.392 e. The zero-order chi connectivity index (χ0) is 29.3. The average molecular weight is 553 g/mol. The first-order valence-corrected chi connectivity index (χ1v) is 13.9. The molecule has 212 valence electrons. The lowest BCUT2D eigenvalue weighted by Crippen LogP contribution is -2.36. The number of nitrogens with zero attached hydrogens (tertiary/aromatic N) is 4. The van der Waals surface area contributed by atoms with Crippen LogP contribution in [-0.2, 0) is 31.4 Å². The van der Waals surface area contributed by atoms with Gasteiger partial charge in [0.25, 0.3) is 5.56 Å². The third-order valence-electron chi connectivity index (χ3n) is 7.08. The lowest BCUT2D eigenvalue weighted by atomic mass is 10.0. The van der Waals surface area contributed by atoms with Crippen LogP contribution in [0.1, 0.15) is 44.5 Å². The van der Waals surface area contributed by atoms with Crippen LogP contribution in [0.15, 0.2) is 65.6 Å². The summed E-state index contributed by atoms with van der Waals surface area (Å²) in [5, 5.41) is 23.1. The van der Waals surface area contributed by atoms with Gasteiger partial charge in [-0.2, -0.15) is 5.10 Å². The summed E-state index contributed by atoms with van der Waals surface area (Å²) in [6.45, 7) is 7.99. The summed E-state index contributed by atoms with van der Waals surface area (Å²) in [4.78, 5) is 30.0. The van der Waals surface area contributed by atoms with Gasteiger partial charge < -0.3 is 20.3 Å². The molecule has 1 atom stereocenters. The van der Waals surface area contributed by atoms with Gasteiger partial charge in [0.05, 0.1) is 35.1 Å². The number of hydrogen-bond donors (Lipinski definition) is 3. The summed E-state index contributed by atoms with van der Waals surface area (Å²) in [7, 11) is 1.70. The van der Waals surface area contributed by atoms with Crippen LogP contribution in [-0.4, -0.2) is 36.5 Å². The molecule has 0 bridgehead atoms. The highest BCUT2D eigenvalue weighted by Gasteiger charge is 2.21. The second-order valence-electron chi connectivity index (χ2n) is 11.0. The molecule has 41 heavy (non-hydrogen) atoms. The zero-order valence-corrected chi connectivity index (χ0v) is 24.1. The molecule has 0 aliphatic carbocycles. The van der Waals surface area contributed by atoms with Crippen molar-refractivity contribution in [3.63, 3.8) is 0 Å². The molecule has 9 heteroatoms. The molecule has 0 spiro atoms. The number of nitrogens with one attached hydrogen (secondary N) is 2. The minimum absolute atomic E-state index is 0.0961. The smallest absolute Gasteiger partial charge is 0.276 e. The third kappa shape index (κ3) is 5.85. The molecule has 2 aromatic carbocycles. The summed E-state index contributed by atoms with van der Waals surface area (Å²) in [6.07, 6.45) is 2.45. The monoisotopic (exact) mass is 552 g/mol. The van der Waals surface area contributed by atoms with Crippen LogP contribution >= 0.6 is 0 Å². The number of fused-ring (bicyclic) bond motifs is 2. The fraction of sp³-hybridized carbons (Fsp3) is 0.312. The molecule has 3 heterocycles. The van der Waals surface area contributed by atoms with Crippen LogP contribution in [0, 0.1) is 5.92 Å². The van der Waals surface area contributed by atoms with Gasteiger partial charge in [-0.15, -0.1) is 0 Å². The average Bonchev–Trinajstić information content (AvgIpc) is 3.30. The Labute approximate surface area is 238 Å². The van der Waals surface area contributed by atoms with Gasteiger partial charge in [-0.25, -0.2) is 9.67 Å². The summed E-state index contributed by atoms with van der Waals surface area (Å²) in [5.41, 5.74) is 4.93. The zero-order valence-electron chi connectivity index (χ0n) is 24.1. The molecule has 0 saturated heterocycles. The highest BCUT2D eigenvalue weighted by atomic mass is 16.3. The molecule has 1 unspecified atom stereocenters. The van der Waals surface area contributed by atoms with Gasteiger partial charge in [0.2, 0.25) is 5.91 Å². The van der Waals surface area contributed by atoms with E-state index >= 15 is 0 Å². The van der Waals surface area contributed by atoms with E-state index in [1.165, 1.54) is 11.6 Å². The highest BCUT2D eigenvalue weighted by Crippen LogP contribution is 2.33. The number of aryl methyl sites for hydroxylation is 1. The van der Waals surface area contributed by atoms with Crippen LogP contribution in [0.5, 0.6) is 0 Å². The number of carbonyl (C=O) groups excluding carboxylic acids is 1. The molecule has 1 amide bonds. The molecule has 0 aliphatic heterocycles. The van der Waals surface area contributed by atoms with Crippen molar-refractivity contribution in [3.05, 3.63) is 88.0 Å². The van der Waals surface area contributed by atoms with E-state index in [2.05, 4.69) is 34.1 Å². The van der Waals surface area contributed by atoms with E-state index in [4.69, 9.17) is 4.98 Å². The van der Waals surface area contributed by atoms with Crippen molar-refractivity contribution in [1.29, 1.82) is 0 Å². The molecule has 5 rings (SSSR count). The van der Waals surface area contributed by atoms with Gasteiger partial charge in [0.15, 0.2) is 0 Å². The molecule has 0 saturated carbocycles. The van der Waals surface area contributed by atoms with Crippen LogP contribution < -0.4 is 16.2 Å². The van der Waals surface area contributed by atoms with Crippen molar-refractivity contribution >= 4 is 33.4 Å². The fourth-order valence-corrected chi connectivity index (χ4v) is 5.42. The maximum Gasteiger partial charge on any atom is 0.276 e. The molecule has 9 nitrogen and oxygen atoms in total. The quantitative estimate of drug-likeness (QED) is 0.231. The molecule has 0 fully saturated rings. The second kappa shape index (κ2) is 11.5. The number of carbonyl (C=O) groups is 1. The molecular weight excluding hydrogens is 516 g/mol. The summed E-state index contributed by atoms with van der Waals surface area (Å²) in [5.74, 6) is 0.863. The van der Waals surface area contributed by atoms with Gasteiger partial charge in [-0.05, 0) is 54.2 Å². The number of para-hydroxylation sites is 1. The van der Waals surface area contributed by atoms with E-state index in [9.17, 15) is 14.7 Å². The van der Waals surface area contributed by atoms with Crippen molar-refractivity contribution in [1.82, 2.24) is 24.6 Å². The first kappa shape index (κ1) is 28.0. The van der Waals surface area contributed by atoms with Crippen LogP contribution in [0.2, 0.25) is 0 Å². The predicted molar refractivity (Wildman–Crippen MR) is 163 cm³/mol. The Hall–Kier alpha value is -4.50. The summed E-state index contributed by atoms with van der Waals surface area (Å²) < 4.78 is 3.54. The van der Waals surface area contributed by atoms with Crippen LogP contribution in [0.3, 0.4) is 0 Å². The van der Waals surface area contributed by atoms with E-state index in [-0.39, 0.29) is 24.2 Å². The Morgan fingerprint density at radius 3 is 2.56 bits per heavy atom. The third-order valence-corrected chi connectivity index (χ3v) is 7.08. The normalized spacial score (nSPS) is 12.3. The van der Waals surface area contributed by atoms with Crippen molar-refractivity contribution in [2.24, 2.45) is 13.0 Å². The second-order valence-corrected chi connectivity index (χ2v) is 11.0. The number of aromatic nitrogens is 4. The number of hydrogen-bond acceptors (Lipinski definition) is 6. The molecule has 0 radical (unpaired) electrons. The Morgan fingerprint density at radius 1 is 1.05 bits per heavy atom. The Morgan fingerprint density at radius 2 is 1.83 bits per heavy atom. The van der Waals surface area contributed by atoms with E-state index in [0.717, 1.165) is 50.8 Å². The minimum atomic E-state index is -0.312. The number of pyridine rings is 1. The van der Waals surface area contributed by atoms with Crippen molar-refractivity contribution < 1.29 is 9.90 Å². The van der Waals surface area contributed by atoms with Gasteiger partial charge in [-0.3, -0.25) is 9.59 Å². The molecule has 3 N–H and O–H groups in total. The van der Waals surface area contributed by atoms with Gasteiger partial charge >= 0.3 is 0 Å². The molecule has 0 aliphatic rings. The number of aliphatic hydroxyl groups is 1. The highest BCUT2D eigenvalue weighted by molar-refractivity contribution is 5.97. The van der Waals surface area contributed by atoms with Crippen LogP contribution in [0.25, 0.3) is 32.9 Å². The number of benzene rings is 2. The standard InChI is InChI=1S/C32H36N6O3/c1-19(2)13-28-26-17-38(31(30(26)32(41)37(5)36-28)23-10-8-9-22(14-23)18-39)16-24-15-29(34-20(3)33-21(4)40)35-27-12-7-6-11-25(24)27/h6-12,14-15,17,19-20,39H,13,16,18H2,1-5H3,(H,33,40)(H,34,35). The number of aliphatic hydroxyl groups excluding tert-OH is 1. The van der Waals surface area contributed by atoms with Gasteiger partial charge in [-0.1, -0.05) is 50.2 Å². The van der Waals surface area contributed by atoms with Crippen LogP contribution in [0.4, 0.5) is 5.82 Å². The number of anilines is 1. The lowest BCUT2D eigenvalue weighted by Gasteiger charge is -2.18. The van der Waals surface area contributed by atoms with Crippen molar-refractivity contribution in [3.8, 4) is 11.3 Å². The molecule has 5 aromatic rings. The van der Waals surface area contributed by atoms with E-state index in [1.54, 1.807) is 7.05 Å². The van der Waals surface area contributed by atoms with Crippen molar-refractivity contribution in [2.75, 3.05) is 5.32 Å². The molecule has 3 aromatic heterocycles. The van der Waals surface area contributed by atoms with Gasteiger partial charge in [0.1, 0.15) is 5.82 Å². The first-order valence-electron chi connectivity index (χ1n) is 13.9. The minimum Gasteiger partial charge on any atom is -0.392 e. The maximum atomic E-state index is 13.6. The van der Waals surface area contributed by atoms with E-state index in [0.29, 0.717) is 23.7 Å². The lowest BCUT2D eigenvalue weighted by molar-refractivity contribution is -0.119. The Balaban J connectivity index is 1.74. The van der Waals surface area contributed by atoms with Gasteiger partial charge in [0, 0.05) is 37.5 Å². The Kier molecular flexibility index (Phi) is 7.90. The fourth-order valence-electron chi connectivity index (χ4n) is 5.42. The number of amides is 1. The first-order chi connectivity index (χ1) is 19.6. The number of rotatable bonds is 9.